The van der Waals surface area contributed by atoms with Crippen LogP contribution in [0.3, 0.4) is 0 Å². The summed E-state index contributed by atoms with van der Waals surface area (Å²) < 4.78 is 6.74. The molecule has 2 aromatic heterocycles. The largest absolute Gasteiger partial charge is 0.385 e. The van der Waals surface area contributed by atoms with Gasteiger partial charge in [0.2, 0.25) is 5.95 Å². The molecule has 0 spiro atoms. The molecule has 114 valence electrons. The minimum Gasteiger partial charge on any atom is -0.385 e. The van der Waals surface area contributed by atoms with Crippen molar-refractivity contribution in [2.45, 2.75) is 6.42 Å². The van der Waals surface area contributed by atoms with Gasteiger partial charge in [-0.1, -0.05) is 18.2 Å². The van der Waals surface area contributed by atoms with Crippen LogP contribution in [0.25, 0.3) is 5.65 Å². The molecule has 1 aromatic carbocycles. The quantitative estimate of drug-likeness (QED) is 0.652. The molecule has 0 saturated carbocycles. The van der Waals surface area contributed by atoms with Gasteiger partial charge in [-0.05, 0) is 18.6 Å². The van der Waals surface area contributed by atoms with E-state index in [-0.39, 0.29) is 0 Å². The van der Waals surface area contributed by atoms with Gasteiger partial charge in [0.15, 0.2) is 11.5 Å². The van der Waals surface area contributed by atoms with Crippen LogP contribution in [0.5, 0.6) is 0 Å². The molecule has 0 aliphatic carbocycles. The van der Waals surface area contributed by atoms with Gasteiger partial charge in [-0.25, -0.2) is 9.50 Å². The first-order valence-electron chi connectivity index (χ1n) is 7.13. The third kappa shape index (κ3) is 3.32. The lowest BCUT2D eigenvalue weighted by atomic mass is 10.3. The second kappa shape index (κ2) is 6.86. The molecule has 3 rings (SSSR count). The SMILES string of the molecule is COCCCNc1nccn2nc(Nc3ccccc3)nc12. The molecule has 0 unspecified atom stereocenters. The summed E-state index contributed by atoms with van der Waals surface area (Å²) in [6.45, 7) is 1.48. The highest BCUT2D eigenvalue weighted by Crippen LogP contribution is 2.16. The van der Waals surface area contributed by atoms with Gasteiger partial charge >= 0.3 is 0 Å². The molecule has 7 heteroatoms. The minimum atomic E-state index is 0.541. The first kappa shape index (κ1) is 14.3. The number of hydrogen-bond donors (Lipinski definition) is 2. The molecule has 7 nitrogen and oxygen atoms in total. The van der Waals surface area contributed by atoms with E-state index in [1.54, 1.807) is 24.0 Å². The number of hydrogen-bond acceptors (Lipinski definition) is 6. The van der Waals surface area contributed by atoms with Crippen molar-refractivity contribution < 1.29 is 4.74 Å². The minimum absolute atomic E-state index is 0.541. The summed E-state index contributed by atoms with van der Waals surface area (Å²) in [6.07, 6.45) is 4.38. The van der Waals surface area contributed by atoms with Crippen LogP contribution in [0.2, 0.25) is 0 Å². The topological polar surface area (TPSA) is 76.4 Å². The van der Waals surface area contributed by atoms with Gasteiger partial charge < -0.3 is 15.4 Å². The van der Waals surface area contributed by atoms with E-state index in [1.165, 1.54) is 0 Å². The molecule has 22 heavy (non-hydrogen) atoms. The van der Waals surface area contributed by atoms with Crippen LogP contribution in [0.15, 0.2) is 42.7 Å². The lowest BCUT2D eigenvalue weighted by molar-refractivity contribution is 0.198. The summed E-state index contributed by atoms with van der Waals surface area (Å²) in [5, 5.41) is 10.8. The number of methoxy groups -OCH3 is 1. The third-order valence-electron chi connectivity index (χ3n) is 3.10. The Bertz CT molecular complexity index is 727. The highest BCUT2D eigenvalue weighted by atomic mass is 16.5. The van der Waals surface area contributed by atoms with Crippen molar-refractivity contribution in [3.8, 4) is 0 Å². The van der Waals surface area contributed by atoms with Crippen LogP contribution in [0.1, 0.15) is 6.42 Å². The normalized spacial score (nSPS) is 10.8. The Morgan fingerprint density at radius 2 is 2.09 bits per heavy atom. The Kier molecular flexibility index (Phi) is 4.45. The summed E-state index contributed by atoms with van der Waals surface area (Å²) in [5.74, 6) is 1.26. The Labute approximate surface area is 128 Å². The van der Waals surface area contributed by atoms with Gasteiger partial charge in [0.25, 0.3) is 0 Å². The lowest BCUT2D eigenvalue weighted by Crippen LogP contribution is -2.07. The van der Waals surface area contributed by atoms with E-state index in [0.29, 0.717) is 24.0 Å². The average Bonchev–Trinajstić information content (AvgIpc) is 2.95. The zero-order valence-corrected chi connectivity index (χ0v) is 12.4. The van der Waals surface area contributed by atoms with E-state index < -0.39 is 0 Å². The zero-order valence-electron chi connectivity index (χ0n) is 12.4. The van der Waals surface area contributed by atoms with E-state index in [0.717, 1.165) is 18.7 Å². The van der Waals surface area contributed by atoms with Crippen molar-refractivity contribution in [2.75, 3.05) is 30.9 Å². The summed E-state index contributed by atoms with van der Waals surface area (Å²) in [5.41, 5.74) is 1.64. The molecule has 0 radical (unpaired) electrons. The second-order valence-corrected chi connectivity index (χ2v) is 4.74. The molecule has 0 aliphatic heterocycles. The number of anilines is 3. The number of rotatable bonds is 7. The number of aromatic nitrogens is 4. The average molecular weight is 298 g/mol. The Hall–Kier alpha value is -2.67. The van der Waals surface area contributed by atoms with Gasteiger partial charge in [0.1, 0.15) is 0 Å². The molecular formula is C15H18N6O. The monoisotopic (exact) mass is 298 g/mol. The molecule has 0 amide bonds. The molecular weight excluding hydrogens is 280 g/mol. The van der Waals surface area contributed by atoms with Gasteiger partial charge in [0, 0.05) is 38.3 Å². The van der Waals surface area contributed by atoms with Gasteiger partial charge in [-0.2, -0.15) is 4.98 Å². The number of fused-ring (bicyclic) bond motifs is 1. The fourth-order valence-electron chi connectivity index (χ4n) is 2.07. The summed E-state index contributed by atoms with van der Waals surface area (Å²) >= 11 is 0. The Balaban J connectivity index is 1.77. The van der Waals surface area contributed by atoms with Crippen LogP contribution < -0.4 is 10.6 Å². The summed E-state index contributed by atoms with van der Waals surface area (Å²) in [7, 11) is 1.69. The maximum atomic E-state index is 5.03. The van der Waals surface area contributed by atoms with Crippen LogP contribution in [-0.2, 0) is 4.74 Å². The standard InChI is InChI=1S/C15H18N6O/c1-22-11-5-8-16-13-14-19-15(20-21(14)10-9-17-13)18-12-6-3-2-4-7-12/h2-4,6-7,9-10H,5,8,11H2,1H3,(H,16,17)(H,18,20). The molecule has 2 N–H and O–H groups in total. The molecule has 0 saturated heterocycles. The number of benzene rings is 1. The van der Waals surface area contributed by atoms with Gasteiger partial charge in [-0.3, -0.25) is 0 Å². The highest BCUT2D eigenvalue weighted by Gasteiger charge is 2.08. The zero-order chi connectivity index (χ0) is 15.2. The molecule has 0 atom stereocenters. The summed E-state index contributed by atoms with van der Waals surface area (Å²) in [4.78, 5) is 8.81. The van der Waals surface area contributed by atoms with E-state index in [4.69, 9.17) is 4.74 Å². The van der Waals surface area contributed by atoms with E-state index >= 15 is 0 Å². The maximum absolute atomic E-state index is 5.03. The van der Waals surface area contributed by atoms with E-state index in [2.05, 4.69) is 25.7 Å². The highest BCUT2D eigenvalue weighted by molar-refractivity contribution is 5.65. The first-order valence-corrected chi connectivity index (χ1v) is 7.13. The van der Waals surface area contributed by atoms with Gasteiger partial charge in [0.05, 0.1) is 0 Å². The predicted octanol–water partition coefficient (Wildman–Crippen LogP) is 2.32. The fraction of sp³-hybridized carbons (Fsp3) is 0.267. The van der Waals surface area contributed by atoms with Crippen LogP contribution >= 0.6 is 0 Å². The molecule has 3 aromatic rings. The Morgan fingerprint density at radius 3 is 2.91 bits per heavy atom. The van der Waals surface area contributed by atoms with Crippen molar-refractivity contribution in [2.24, 2.45) is 0 Å². The molecule has 0 aliphatic rings. The smallest absolute Gasteiger partial charge is 0.247 e. The van der Waals surface area contributed by atoms with Crippen molar-refractivity contribution in [3.63, 3.8) is 0 Å². The number of ether oxygens (including phenoxy) is 1. The van der Waals surface area contributed by atoms with Crippen molar-refractivity contribution in [1.29, 1.82) is 0 Å². The summed E-state index contributed by atoms with van der Waals surface area (Å²) in [6, 6.07) is 9.82. The molecule has 2 heterocycles. The molecule has 0 bridgehead atoms. The first-order chi connectivity index (χ1) is 10.9. The van der Waals surface area contributed by atoms with E-state index in [1.807, 2.05) is 30.3 Å². The molecule has 0 fully saturated rings. The number of nitrogens with one attached hydrogen (secondary N) is 2. The maximum Gasteiger partial charge on any atom is 0.247 e. The van der Waals surface area contributed by atoms with Crippen LogP contribution in [-0.4, -0.2) is 39.8 Å². The van der Waals surface area contributed by atoms with Crippen molar-refractivity contribution in [1.82, 2.24) is 19.6 Å². The second-order valence-electron chi connectivity index (χ2n) is 4.74. The number of para-hydroxylation sites is 1. The van der Waals surface area contributed by atoms with Crippen LogP contribution in [0, 0.1) is 0 Å². The van der Waals surface area contributed by atoms with Crippen LogP contribution in [0.4, 0.5) is 17.5 Å². The lowest BCUT2D eigenvalue weighted by Gasteiger charge is -2.04. The predicted molar refractivity (Wildman–Crippen MR) is 85.5 cm³/mol. The third-order valence-corrected chi connectivity index (χ3v) is 3.10. The van der Waals surface area contributed by atoms with Crippen molar-refractivity contribution >= 4 is 23.1 Å². The van der Waals surface area contributed by atoms with Crippen molar-refractivity contribution in [3.05, 3.63) is 42.7 Å². The Morgan fingerprint density at radius 1 is 1.23 bits per heavy atom. The fourth-order valence-corrected chi connectivity index (χ4v) is 2.07. The van der Waals surface area contributed by atoms with Gasteiger partial charge in [-0.15, -0.1) is 5.10 Å². The number of nitrogens with zero attached hydrogens (tertiary/aromatic N) is 4. The van der Waals surface area contributed by atoms with E-state index in [9.17, 15) is 0 Å².